The summed E-state index contributed by atoms with van der Waals surface area (Å²) in [6.07, 6.45) is 0. The summed E-state index contributed by atoms with van der Waals surface area (Å²) < 4.78 is 10.4. The zero-order chi connectivity index (χ0) is 9.97. The van der Waals surface area contributed by atoms with Gasteiger partial charge in [0.2, 0.25) is 5.90 Å². The van der Waals surface area contributed by atoms with Crippen LogP contribution in [0.1, 0.15) is 5.56 Å². The van der Waals surface area contributed by atoms with Gasteiger partial charge in [-0.25, -0.2) is 0 Å². The quantitative estimate of drug-likeness (QED) is 0.465. The van der Waals surface area contributed by atoms with E-state index in [1.165, 1.54) is 0 Å². The molecule has 6 heteroatoms. The van der Waals surface area contributed by atoms with Crippen LogP contribution in [-0.2, 0) is 17.4 Å². The molecule has 0 aromatic heterocycles. The topological polar surface area (TPSA) is 42.8 Å². The molecule has 1 heterocycles. The molecule has 74 valence electrons. The molecule has 15 heavy (non-hydrogen) atoms. The maximum Gasteiger partial charge on any atom is 1.00 e. The van der Waals surface area contributed by atoms with Crippen molar-refractivity contribution in [3.8, 4) is 5.75 Å². The molecule has 0 fully saturated rings. The molecule has 0 bridgehead atoms. The Hall–Kier alpha value is -0.360. The molecule has 1 atom stereocenters. The van der Waals surface area contributed by atoms with Gasteiger partial charge < -0.3 is 22.1 Å². The third-order valence-corrected chi connectivity index (χ3v) is 2.03. The summed E-state index contributed by atoms with van der Waals surface area (Å²) in [5.41, 5.74) is 2.95. The smallest absolute Gasteiger partial charge is 0.724 e. The van der Waals surface area contributed by atoms with Crippen LogP contribution < -0.4 is 39.7 Å². The van der Waals surface area contributed by atoms with Crippen molar-refractivity contribution in [2.45, 2.75) is 5.56 Å². The van der Waals surface area contributed by atoms with Gasteiger partial charge in [0.25, 0.3) is 0 Å². The minimum Gasteiger partial charge on any atom is -0.724 e. The van der Waals surface area contributed by atoms with E-state index in [1.807, 2.05) is 24.3 Å². The van der Waals surface area contributed by atoms with Gasteiger partial charge in [0, 0.05) is 0 Å². The predicted molar refractivity (Wildman–Crippen MR) is 54.9 cm³/mol. The van der Waals surface area contributed by atoms with Crippen LogP contribution in [0.2, 0.25) is 0 Å². The number of ether oxygens (including phenoxy) is 2. The van der Waals surface area contributed by atoms with Crippen LogP contribution in [0.3, 0.4) is 0 Å². The minimum atomic E-state index is -0.491. The van der Waals surface area contributed by atoms with Crippen LogP contribution in [0, 0.1) is 0 Å². The van der Waals surface area contributed by atoms with Crippen LogP contribution in [0.5, 0.6) is 5.75 Å². The van der Waals surface area contributed by atoms with Crippen LogP contribution in [-0.4, -0.2) is 18.6 Å². The number of hydrazone groups is 1. The van der Waals surface area contributed by atoms with Crippen LogP contribution >= 0.6 is 0 Å². The van der Waals surface area contributed by atoms with Crippen LogP contribution in [0.4, 0.5) is 0 Å². The van der Waals surface area contributed by atoms with Gasteiger partial charge >= 0.3 is 29.6 Å². The molecule has 0 aliphatic carbocycles. The summed E-state index contributed by atoms with van der Waals surface area (Å²) in [6, 6.07) is 7.49. The number of hydrogen-bond donors (Lipinski definition) is 1. The summed E-state index contributed by atoms with van der Waals surface area (Å²) in [6.45, 7) is 0. The summed E-state index contributed by atoms with van der Waals surface area (Å²) in [5, 5.41) is 3.96. The van der Waals surface area contributed by atoms with Crippen LogP contribution in [0.15, 0.2) is 29.4 Å². The number of benzene rings is 1. The summed E-state index contributed by atoms with van der Waals surface area (Å²) in [7, 11) is 1.60. The second kappa shape index (κ2) is 5.65. The van der Waals surface area contributed by atoms with Gasteiger partial charge in [-0.2, -0.15) is 0 Å². The normalized spacial score (nSPS) is 18.3. The zero-order valence-corrected chi connectivity index (χ0v) is 11.4. The molecular formula is C9H9N2NaO2S. The molecule has 1 aromatic rings. The molecule has 0 radical (unpaired) electrons. The first kappa shape index (κ1) is 12.7. The van der Waals surface area contributed by atoms with Gasteiger partial charge in [-0.15, -0.1) is 5.10 Å². The largest absolute Gasteiger partial charge is 1.00 e. The van der Waals surface area contributed by atoms with E-state index in [-0.39, 0.29) is 29.6 Å². The zero-order valence-electron chi connectivity index (χ0n) is 8.56. The van der Waals surface area contributed by atoms with Crippen LogP contribution in [0.25, 0.3) is 0 Å². The first-order valence-electron chi connectivity index (χ1n) is 4.10. The minimum absolute atomic E-state index is 0. The van der Waals surface area contributed by atoms with Crippen molar-refractivity contribution in [3.63, 3.8) is 0 Å². The van der Waals surface area contributed by atoms with Gasteiger partial charge in [0.15, 0.2) is 0 Å². The monoisotopic (exact) mass is 232 g/mol. The molecule has 1 unspecified atom stereocenters. The van der Waals surface area contributed by atoms with E-state index < -0.39 is 5.56 Å². The molecule has 1 N–H and O–H groups in total. The Balaban J connectivity index is 0.00000112. The number of methoxy groups -OCH3 is 1. The average molecular weight is 232 g/mol. The second-order valence-electron chi connectivity index (χ2n) is 2.70. The molecule has 0 saturated carbocycles. The molecule has 2 rings (SSSR count). The van der Waals surface area contributed by atoms with E-state index >= 15 is 0 Å². The number of hydrogen-bond acceptors (Lipinski definition) is 5. The van der Waals surface area contributed by atoms with E-state index in [0.717, 1.165) is 11.3 Å². The average Bonchev–Trinajstić information content (AvgIpc) is 2.65. The first-order chi connectivity index (χ1) is 6.81. The van der Waals surface area contributed by atoms with E-state index in [2.05, 4.69) is 10.5 Å². The Bertz CT molecular complexity index is 373. The number of para-hydroxylation sites is 1. The third kappa shape index (κ3) is 2.81. The van der Waals surface area contributed by atoms with Gasteiger partial charge in [-0.3, -0.25) is 5.43 Å². The van der Waals surface area contributed by atoms with Crippen molar-refractivity contribution in [3.05, 3.63) is 29.8 Å². The fraction of sp³-hybridized carbons (Fsp3) is 0.222. The van der Waals surface area contributed by atoms with E-state index in [4.69, 9.17) is 22.1 Å². The Kier molecular flexibility index (Phi) is 4.79. The van der Waals surface area contributed by atoms with Crippen molar-refractivity contribution in [2.75, 3.05) is 7.11 Å². The molecule has 4 nitrogen and oxygen atoms in total. The Morgan fingerprint density at radius 2 is 2.20 bits per heavy atom. The van der Waals surface area contributed by atoms with E-state index in [9.17, 15) is 0 Å². The summed E-state index contributed by atoms with van der Waals surface area (Å²) in [5.74, 6) is 1.19. The molecule has 1 aromatic carbocycles. The maximum absolute atomic E-state index is 5.26. The number of nitrogens with zero attached hydrogens (tertiary/aromatic N) is 1. The van der Waals surface area contributed by atoms with Crippen molar-refractivity contribution < 1.29 is 39.0 Å². The van der Waals surface area contributed by atoms with Crippen molar-refractivity contribution >= 4 is 18.5 Å². The number of rotatable bonds is 2. The summed E-state index contributed by atoms with van der Waals surface area (Å²) in [4.78, 5) is 0. The molecule has 1 aliphatic rings. The van der Waals surface area contributed by atoms with Gasteiger partial charge in [0.05, 0.1) is 18.2 Å². The second-order valence-corrected chi connectivity index (χ2v) is 3.12. The first-order valence-corrected chi connectivity index (χ1v) is 4.57. The molecule has 0 amide bonds. The number of nitrogens with one attached hydrogen (secondary N) is 1. The molecule has 1 aliphatic heterocycles. The Morgan fingerprint density at radius 1 is 1.47 bits per heavy atom. The standard InChI is InChI=1S/C9H10N2O2S.Na/c1-12-7-5-3-2-4-6(7)8-10-11-9(14)13-8;/h2-5,9,11,14H,1H3;/q;+1/p-1. The third-order valence-electron chi connectivity index (χ3n) is 1.83. The van der Waals surface area contributed by atoms with Crippen molar-refractivity contribution in [2.24, 2.45) is 5.10 Å². The Labute approximate surface area is 116 Å². The van der Waals surface area contributed by atoms with Gasteiger partial charge in [-0.05, 0) is 12.1 Å². The predicted octanol–water partition coefficient (Wildman–Crippen LogP) is -2.19. The Morgan fingerprint density at radius 3 is 2.80 bits per heavy atom. The fourth-order valence-corrected chi connectivity index (χ4v) is 1.35. The molecule has 0 saturated heterocycles. The van der Waals surface area contributed by atoms with E-state index in [0.29, 0.717) is 5.90 Å². The van der Waals surface area contributed by atoms with Gasteiger partial charge in [-0.1, -0.05) is 12.1 Å². The van der Waals surface area contributed by atoms with Gasteiger partial charge in [0.1, 0.15) is 5.75 Å². The SMILES string of the molecule is COc1ccccc1C1=NNC([S-])O1.[Na+]. The molecular weight excluding hydrogens is 223 g/mol. The molecule has 0 spiro atoms. The summed E-state index contributed by atoms with van der Waals surface area (Å²) >= 11 is 4.87. The van der Waals surface area contributed by atoms with E-state index in [1.54, 1.807) is 7.11 Å². The van der Waals surface area contributed by atoms with Crippen molar-refractivity contribution in [1.82, 2.24) is 5.43 Å². The van der Waals surface area contributed by atoms with Crippen molar-refractivity contribution in [1.29, 1.82) is 0 Å². The maximum atomic E-state index is 5.26. The fourth-order valence-electron chi connectivity index (χ4n) is 1.21.